The number of aromatic nitrogens is 1. The minimum Gasteiger partial charge on any atom is -0.481 e. The van der Waals surface area contributed by atoms with E-state index >= 15 is 0 Å². The average molecular weight is 195 g/mol. The van der Waals surface area contributed by atoms with Gasteiger partial charge in [-0.15, -0.1) is 0 Å². The van der Waals surface area contributed by atoms with E-state index in [0.29, 0.717) is 12.2 Å². The van der Waals surface area contributed by atoms with Crippen LogP contribution in [0.3, 0.4) is 0 Å². The molecule has 5 nitrogen and oxygen atoms in total. The van der Waals surface area contributed by atoms with Gasteiger partial charge in [-0.25, -0.2) is 4.98 Å². The van der Waals surface area contributed by atoms with Gasteiger partial charge in [-0.3, -0.25) is 4.79 Å². The van der Waals surface area contributed by atoms with Crippen molar-refractivity contribution in [2.24, 2.45) is 5.73 Å². The highest BCUT2D eigenvalue weighted by atomic mass is 16.4. The number of aliphatic carboxylic acids is 1. The van der Waals surface area contributed by atoms with Crippen molar-refractivity contribution in [3.8, 4) is 0 Å². The highest BCUT2D eigenvalue weighted by molar-refractivity contribution is 5.66. The molecule has 14 heavy (non-hydrogen) atoms. The summed E-state index contributed by atoms with van der Waals surface area (Å²) < 4.78 is 0. The Kier molecular flexibility index (Phi) is 3.41. The standard InChI is InChI=1S/C9H13N3O2/c10-7(1-2-9(13)14)6-3-4-12-8(11)5-6/h3-5,7H,1-2,10H2,(H2,11,12)(H,13,14)/t7-/m0/s1. The van der Waals surface area contributed by atoms with Crippen LogP contribution in [0.1, 0.15) is 24.4 Å². The molecule has 0 spiro atoms. The van der Waals surface area contributed by atoms with Crippen molar-refractivity contribution < 1.29 is 9.90 Å². The Morgan fingerprint density at radius 3 is 2.93 bits per heavy atom. The van der Waals surface area contributed by atoms with Crippen molar-refractivity contribution in [3.63, 3.8) is 0 Å². The Labute approximate surface area is 81.7 Å². The van der Waals surface area contributed by atoms with Gasteiger partial charge in [0.1, 0.15) is 5.82 Å². The van der Waals surface area contributed by atoms with Crippen LogP contribution in [0.25, 0.3) is 0 Å². The third kappa shape index (κ3) is 3.02. The fourth-order valence-corrected chi connectivity index (χ4v) is 1.14. The number of anilines is 1. The first-order valence-corrected chi connectivity index (χ1v) is 4.28. The molecule has 1 atom stereocenters. The van der Waals surface area contributed by atoms with Gasteiger partial charge in [0, 0.05) is 18.7 Å². The van der Waals surface area contributed by atoms with Gasteiger partial charge in [-0.1, -0.05) is 0 Å². The molecule has 0 aliphatic heterocycles. The van der Waals surface area contributed by atoms with E-state index in [1.165, 1.54) is 0 Å². The quantitative estimate of drug-likeness (QED) is 0.650. The molecule has 5 heteroatoms. The molecule has 0 bridgehead atoms. The summed E-state index contributed by atoms with van der Waals surface area (Å²) in [5, 5.41) is 8.47. The van der Waals surface area contributed by atoms with E-state index in [1.54, 1.807) is 18.3 Å². The van der Waals surface area contributed by atoms with Crippen LogP contribution in [0.2, 0.25) is 0 Å². The van der Waals surface area contributed by atoms with E-state index in [4.69, 9.17) is 16.6 Å². The smallest absolute Gasteiger partial charge is 0.303 e. The maximum Gasteiger partial charge on any atom is 0.303 e. The number of hydrogen-bond donors (Lipinski definition) is 3. The first kappa shape index (κ1) is 10.5. The largest absolute Gasteiger partial charge is 0.481 e. The fraction of sp³-hybridized carbons (Fsp3) is 0.333. The molecule has 0 unspecified atom stereocenters. The fourth-order valence-electron chi connectivity index (χ4n) is 1.14. The van der Waals surface area contributed by atoms with Crippen LogP contribution < -0.4 is 11.5 Å². The summed E-state index contributed by atoms with van der Waals surface area (Å²) in [6.45, 7) is 0. The number of nitrogen functional groups attached to an aromatic ring is 1. The number of rotatable bonds is 4. The summed E-state index contributed by atoms with van der Waals surface area (Å²) in [5.74, 6) is -0.448. The summed E-state index contributed by atoms with van der Waals surface area (Å²) in [4.78, 5) is 14.1. The molecule has 1 heterocycles. The van der Waals surface area contributed by atoms with Crippen LogP contribution in [0.5, 0.6) is 0 Å². The van der Waals surface area contributed by atoms with Gasteiger partial charge >= 0.3 is 5.97 Å². The molecule has 0 radical (unpaired) electrons. The number of nitrogens with zero attached hydrogens (tertiary/aromatic N) is 1. The Hall–Kier alpha value is -1.62. The number of pyridine rings is 1. The van der Waals surface area contributed by atoms with Crippen molar-refractivity contribution in [1.29, 1.82) is 0 Å². The molecule has 0 aromatic carbocycles. The second-order valence-electron chi connectivity index (χ2n) is 3.05. The summed E-state index contributed by atoms with van der Waals surface area (Å²) in [7, 11) is 0. The van der Waals surface area contributed by atoms with Crippen LogP contribution in [0.15, 0.2) is 18.3 Å². The lowest BCUT2D eigenvalue weighted by molar-refractivity contribution is -0.137. The lowest BCUT2D eigenvalue weighted by Gasteiger charge is -2.10. The van der Waals surface area contributed by atoms with Crippen molar-refractivity contribution >= 4 is 11.8 Å². The van der Waals surface area contributed by atoms with Crippen LogP contribution in [0.4, 0.5) is 5.82 Å². The highest BCUT2D eigenvalue weighted by Crippen LogP contribution is 2.16. The van der Waals surface area contributed by atoms with Crippen molar-refractivity contribution in [3.05, 3.63) is 23.9 Å². The van der Waals surface area contributed by atoms with E-state index < -0.39 is 5.97 Å². The molecule has 0 aliphatic rings. The molecular weight excluding hydrogens is 182 g/mol. The van der Waals surface area contributed by atoms with E-state index in [2.05, 4.69) is 4.98 Å². The zero-order valence-electron chi connectivity index (χ0n) is 7.68. The molecule has 0 aliphatic carbocycles. The van der Waals surface area contributed by atoms with Crippen LogP contribution in [-0.2, 0) is 4.79 Å². The van der Waals surface area contributed by atoms with E-state index in [9.17, 15) is 4.79 Å². The minimum atomic E-state index is -0.845. The maximum absolute atomic E-state index is 10.3. The summed E-state index contributed by atoms with van der Waals surface area (Å²) in [6, 6.07) is 3.10. The molecular formula is C9H13N3O2. The van der Waals surface area contributed by atoms with Crippen molar-refractivity contribution in [2.45, 2.75) is 18.9 Å². The third-order valence-corrected chi connectivity index (χ3v) is 1.90. The normalized spacial score (nSPS) is 12.4. The zero-order chi connectivity index (χ0) is 10.6. The number of hydrogen-bond acceptors (Lipinski definition) is 4. The third-order valence-electron chi connectivity index (χ3n) is 1.90. The molecule has 0 saturated heterocycles. The highest BCUT2D eigenvalue weighted by Gasteiger charge is 2.08. The van der Waals surface area contributed by atoms with Crippen LogP contribution in [0, 0.1) is 0 Å². The SMILES string of the molecule is Nc1cc([C@@H](N)CCC(=O)O)ccn1. The summed E-state index contributed by atoms with van der Waals surface area (Å²) in [6.07, 6.45) is 2.02. The van der Waals surface area contributed by atoms with E-state index in [-0.39, 0.29) is 12.5 Å². The Bertz CT molecular complexity index is 328. The minimum absolute atomic E-state index is 0.0589. The van der Waals surface area contributed by atoms with Crippen LogP contribution >= 0.6 is 0 Å². The zero-order valence-corrected chi connectivity index (χ0v) is 7.68. The van der Waals surface area contributed by atoms with Crippen molar-refractivity contribution in [2.75, 3.05) is 5.73 Å². The molecule has 76 valence electrons. The molecule has 1 aromatic heterocycles. The first-order valence-electron chi connectivity index (χ1n) is 4.28. The van der Waals surface area contributed by atoms with Gasteiger partial charge in [0.25, 0.3) is 0 Å². The number of carboxylic acid groups (broad SMARTS) is 1. The molecule has 0 saturated carbocycles. The molecule has 0 amide bonds. The molecule has 0 fully saturated rings. The van der Waals surface area contributed by atoms with Gasteiger partial charge in [-0.2, -0.15) is 0 Å². The maximum atomic E-state index is 10.3. The average Bonchev–Trinajstić information content (AvgIpc) is 2.14. The monoisotopic (exact) mass is 195 g/mol. The summed E-state index contributed by atoms with van der Waals surface area (Å²) >= 11 is 0. The predicted molar refractivity (Wildman–Crippen MR) is 52.4 cm³/mol. The van der Waals surface area contributed by atoms with E-state index in [1.807, 2.05) is 0 Å². The topological polar surface area (TPSA) is 102 Å². The van der Waals surface area contributed by atoms with Gasteiger partial charge in [0.2, 0.25) is 0 Å². The van der Waals surface area contributed by atoms with Gasteiger partial charge in [0.05, 0.1) is 0 Å². The predicted octanol–water partition coefficient (Wildman–Crippen LogP) is 0.528. The Morgan fingerprint density at radius 1 is 1.64 bits per heavy atom. The van der Waals surface area contributed by atoms with Gasteiger partial charge in [-0.05, 0) is 24.1 Å². The number of carboxylic acids is 1. The number of nitrogens with two attached hydrogens (primary N) is 2. The molecule has 1 rings (SSSR count). The summed E-state index contributed by atoms with van der Waals surface area (Å²) in [5.41, 5.74) is 12.1. The van der Waals surface area contributed by atoms with Gasteiger partial charge < -0.3 is 16.6 Å². The second kappa shape index (κ2) is 4.57. The number of carbonyl (C=O) groups is 1. The van der Waals surface area contributed by atoms with Crippen molar-refractivity contribution in [1.82, 2.24) is 4.98 Å². The molecule has 1 aromatic rings. The van der Waals surface area contributed by atoms with Crippen LogP contribution in [-0.4, -0.2) is 16.1 Å². The lowest BCUT2D eigenvalue weighted by Crippen LogP contribution is -2.12. The second-order valence-corrected chi connectivity index (χ2v) is 3.05. The Balaban J connectivity index is 2.60. The molecule has 5 N–H and O–H groups in total. The van der Waals surface area contributed by atoms with Gasteiger partial charge in [0.15, 0.2) is 0 Å². The first-order chi connectivity index (χ1) is 6.59. The Morgan fingerprint density at radius 2 is 2.36 bits per heavy atom. The lowest BCUT2D eigenvalue weighted by atomic mass is 10.0. The van der Waals surface area contributed by atoms with E-state index in [0.717, 1.165) is 5.56 Å².